The van der Waals surface area contributed by atoms with E-state index in [1.807, 2.05) is 0 Å². The number of carbonyl (C=O) groups excluding carboxylic acids is 1. The summed E-state index contributed by atoms with van der Waals surface area (Å²) in [5.74, 6) is -0.823. The van der Waals surface area contributed by atoms with Gasteiger partial charge in [0.25, 0.3) is 0 Å². The fraction of sp³-hybridized carbons (Fsp3) is 0.833. The van der Waals surface area contributed by atoms with Crippen molar-refractivity contribution in [3.63, 3.8) is 0 Å². The molecule has 2 rings (SSSR count). The third kappa shape index (κ3) is 0.862. The Labute approximate surface area is 67.3 Å². The molecular formula is C6H8O6. The standard InChI is InChI=1S/C6H8O6/c7-1-3-4(12-5(1)9)2(8)6(10)11-3/h1-5,7-9H/t1-,2-,3-,4?,5?/m1/s1. The van der Waals surface area contributed by atoms with Crippen molar-refractivity contribution < 1.29 is 29.6 Å². The highest BCUT2D eigenvalue weighted by atomic mass is 16.7. The van der Waals surface area contributed by atoms with Crippen LogP contribution in [0.5, 0.6) is 0 Å². The molecule has 2 heterocycles. The smallest absolute Gasteiger partial charge is 0.338 e. The molecule has 68 valence electrons. The Kier molecular flexibility index (Phi) is 1.58. The van der Waals surface area contributed by atoms with E-state index >= 15 is 0 Å². The predicted octanol–water partition coefficient (Wildman–Crippen LogP) is -2.65. The molecule has 6 nitrogen and oxygen atoms in total. The van der Waals surface area contributed by atoms with Crippen LogP contribution in [-0.4, -0.2) is 52.0 Å². The summed E-state index contributed by atoms with van der Waals surface area (Å²) < 4.78 is 9.25. The first kappa shape index (κ1) is 7.93. The minimum absolute atomic E-state index is 0.823. The molecule has 5 atom stereocenters. The molecule has 3 N–H and O–H groups in total. The number of hydrogen-bond acceptors (Lipinski definition) is 6. The maximum atomic E-state index is 10.7. The first-order valence-electron chi connectivity index (χ1n) is 3.51. The fourth-order valence-electron chi connectivity index (χ4n) is 1.40. The lowest BCUT2D eigenvalue weighted by molar-refractivity contribution is -0.168. The average molecular weight is 176 g/mol. The van der Waals surface area contributed by atoms with E-state index in [0.29, 0.717) is 0 Å². The number of fused-ring (bicyclic) bond motifs is 1. The summed E-state index contributed by atoms with van der Waals surface area (Å²) in [6.07, 6.45) is -5.94. The molecule has 0 amide bonds. The molecule has 0 radical (unpaired) electrons. The van der Waals surface area contributed by atoms with Crippen molar-refractivity contribution in [3.8, 4) is 0 Å². The quantitative estimate of drug-likeness (QED) is 0.349. The van der Waals surface area contributed by atoms with E-state index < -0.39 is 36.7 Å². The molecule has 0 saturated carbocycles. The maximum Gasteiger partial charge on any atom is 0.338 e. The molecule has 2 unspecified atom stereocenters. The second-order valence-corrected chi connectivity index (χ2v) is 2.83. The summed E-state index contributed by atoms with van der Waals surface area (Å²) in [6.45, 7) is 0. The van der Waals surface area contributed by atoms with Gasteiger partial charge in [-0.2, -0.15) is 0 Å². The van der Waals surface area contributed by atoms with Crippen molar-refractivity contribution in [2.45, 2.75) is 30.7 Å². The minimum atomic E-state index is -1.40. The van der Waals surface area contributed by atoms with Crippen molar-refractivity contribution in [1.82, 2.24) is 0 Å². The fourth-order valence-corrected chi connectivity index (χ4v) is 1.40. The number of carbonyl (C=O) groups is 1. The Balaban J connectivity index is 2.19. The monoisotopic (exact) mass is 176 g/mol. The lowest BCUT2D eigenvalue weighted by Gasteiger charge is -2.10. The highest BCUT2D eigenvalue weighted by molar-refractivity contribution is 5.78. The van der Waals surface area contributed by atoms with Crippen molar-refractivity contribution in [2.75, 3.05) is 0 Å². The van der Waals surface area contributed by atoms with Crippen molar-refractivity contribution in [2.24, 2.45) is 0 Å². The van der Waals surface area contributed by atoms with E-state index in [1.54, 1.807) is 0 Å². The number of ether oxygens (including phenoxy) is 2. The molecule has 0 aromatic rings. The third-order valence-corrected chi connectivity index (χ3v) is 2.05. The van der Waals surface area contributed by atoms with Crippen LogP contribution in [0, 0.1) is 0 Å². The predicted molar refractivity (Wildman–Crippen MR) is 32.8 cm³/mol. The van der Waals surface area contributed by atoms with E-state index in [9.17, 15) is 4.79 Å². The first-order chi connectivity index (χ1) is 5.61. The number of aliphatic hydroxyl groups is 3. The molecule has 2 fully saturated rings. The van der Waals surface area contributed by atoms with Gasteiger partial charge in [-0.3, -0.25) is 0 Å². The van der Waals surface area contributed by atoms with Crippen LogP contribution in [0.3, 0.4) is 0 Å². The van der Waals surface area contributed by atoms with Crippen LogP contribution < -0.4 is 0 Å². The van der Waals surface area contributed by atoms with Gasteiger partial charge in [-0.15, -0.1) is 0 Å². The van der Waals surface area contributed by atoms with Crippen LogP contribution in [0.1, 0.15) is 0 Å². The topological polar surface area (TPSA) is 96.2 Å². The van der Waals surface area contributed by atoms with Gasteiger partial charge in [0.05, 0.1) is 0 Å². The third-order valence-electron chi connectivity index (χ3n) is 2.05. The van der Waals surface area contributed by atoms with Crippen LogP contribution in [0.25, 0.3) is 0 Å². The molecule has 6 heteroatoms. The Morgan fingerprint density at radius 2 is 1.83 bits per heavy atom. The molecule has 0 aromatic heterocycles. The lowest BCUT2D eigenvalue weighted by atomic mass is 10.1. The molecule has 2 aliphatic rings. The number of rotatable bonds is 0. The lowest BCUT2D eigenvalue weighted by Crippen LogP contribution is -2.32. The minimum Gasteiger partial charge on any atom is -0.454 e. The van der Waals surface area contributed by atoms with Crippen molar-refractivity contribution in [3.05, 3.63) is 0 Å². The molecule has 2 aliphatic heterocycles. The van der Waals surface area contributed by atoms with Gasteiger partial charge in [0.15, 0.2) is 18.5 Å². The SMILES string of the molecule is O=C1O[C@H]2C(OC(O)[C@@H]2O)[C@H]1O. The highest BCUT2D eigenvalue weighted by Crippen LogP contribution is 2.30. The summed E-state index contributed by atoms with van der Waals surface area (Å²) in [5.41, 5.74) is 0. The summed E-state index contributed by atoms with van der Waals surface area (Å²) >= 11 is 0. The number of esters is 1. The van der Waals surface area contributed by atoms with Crippen LogP contribution in [-0.2, 0) is 14.3 Å². The van der Waals surface area contributed by atoms with Gasteiger partial charge >= 0.3 is 5.97 Å². The number of aliphatic hydroxyl groups excluding tert-OH is 3. The van der Waals surface area contributed by atoms with E-state index in [4.69, 9.17) is 15.3 Å². The van der Waals surface area contributed by atoms with Crippen LogP contribution >= 0.6 is 0 Å². The molecule has 2 saturated heterocycles. The largest absolute Gasteiger partial charge is 0.454 e. The molecular weight excluding hydrogens is 168 g/mol. The Hall–Kier alpha value is -0.690. The zero-order valence-electron chi connectivity index (χ0n) is 5.95. The van der Waals surface area contributed by atoms with Gasteiger partial charge in [-0.1, -0.05) is 0 Å². The highest BCUT2D eigenvalue weighted by Gasteiger charge is 2.56. The van der Waals surface area contributed by atoms with Gasteiger partial charge in [-0.25, -0.2) is 4.79 Å². The average Bonchev–Trinajstić information content (AvgIpc) is 2.43. The Morgan fingerprint density at radius 1 is 1.17 bits per heavy atom. The van der Waals surface area contributed by atoms with Crippen LogP contribution in [0.15, 0.2) is 0 Å². The molecule has 0 aromatic carbocycles. The molecule has 0 spiro atoms. The van der Waals surface area contributed by atoms with E-state index in [1.165, 1.54) is 0 Å². The van der Waals surface area contributed by atoms with Crippen LogP contribution in [0.4, 0.5) is 0 Å². The van der Waals surface area contributed by atoms with E-state index in [2.05, 4.69) is 9.47 Å². The Bertz CT molecular complexity index is 216. The van der Waals surface area contributed by atoms with Gasteiger partial charge in [-0.05, 0) is 0 Å². The van der Waals surface area contributed by atoms with Gasteiger partial charge < -0.3 is 24.8 Å². The van der Waals surface area contributed by atoms with Crippen molar-refractivity contribution >= 4 is 5.97 Å². The summed E-state index contributed by atoms with van der Waals surface area (Å²) in [6, 6.07) is 0. The summed E-state index contributed by atoms with van der Waals surface area (Å²) in [5, 5.41) is 27.2. The molecule has 0 bridgehead atoms. The summed E-state index contributed by atoms with van der Waals surface area (Å²) in [4.78, 5) is 10.7. The van der Waals surface area contributed by atoms with E-state index in [-0.39, 0.29) is 0 Å². The van der Waals surface area contributed by atoms with Crippen molar-refractivity contribution in [1.29, 1.82) is 0 Å². The zero-order chi connectivity index (χ0) is 8.88. The second-order valence-electron chi connectivity index (χ2n) is 2.83. The van der Waals surface area contributed by atoms with Crippen LogP contribution in [0.2, 0.25) is 0 Å². The Morgan fingerprint density at radius 3 is 2.42 bits per heavy atom. The second kappa shape index (κ2) is 2.40. The normalized spacial score (nSPS) is 52.2. The maximum absolute atomic E-state index is 10.7. The zero-order valence-corrected chi connectivity index (χ0v) is 5.95. The molecule has 12 heavy (non-hydrogen) atoms. The van der Waals surface area contributed by atoms with Gasteiger partial charge in [0, 0.05) is 0 Å². The number of hydrogen-bond donors (Lipinski definition) is 3. The van der Waals surface area contributed by atoms with Gasteiger partial charge in [0.2, 0.25) is 0 Å². The first-order valence-corrected chi connectivity index (χ1v) is 3.51. The molecule has 0 aliphatic carbocycles. The van der Waals surface area contributed by atoms with Gasteiger partial charge in [0.1, 0.15) is 12.2 Å². The summed E-state index contributed by atoms with van der Waals surface area (Å²) in [7, 11) is 0. The van der Waals surface area contributed by atoms with E-state index in [0.717, 1.165) is 0 Å².